The Labute approximate surface area is 164 Å². The summed E-state index contributed by atoms with van der Waals surface area (Å²) in [6, 6.07) is 3.71. The molecule has 9 heteroatoms. The predicted molar refractivity (Wildman–Crippen MR) is 103 cm³/mol. The van der Waals surface area contributed by atoms with Crippen LogP contribution in [0.25, 0.3) is 17.2 Å². The van der Waals surface area contributed by atoms with Crippen LogP contribution in [0, 0.1) is 5.82 Å². The Balaban J connectivity index is 2.10. The minimum atomic E-state index is -4.76. The molecule has 29 heavy (non-hydrogen) atoms. The number of nitrogens with zero attached hydrogens (tertiary/aromatic N) is 4. The predicted octanol–water partition coefficient (Wildman–Crippen LogP) is 5.40. The molecule has 0 amide bonds. The van der Waals surface area contributed by atoms with E-state index >= 15 is 0 Å². The summed E-state index contributed by atoms with van der Waals surface area (Å²) in [5.74, 6) is -0.672. The van der Waals surface area contributed by atoms with E-state index in [4.69, 9.17) is 0 Å². The molecule has 0 radical (unpaired) electrons. The van der Waals surface area contributed by atoms with E-state index in [1.807, 2.05) is 6.92 Å². The summed E-state index contributed by atoms with van der Waals surface area (Å²) in [5.41, 5.74) is -0.187. The Morgan fingerprint density at radius 2 is 1.93 bits per heavy atom. The highest BCUT2D eigenvalue weighted by Gasteiger charge is 2.39. The fourth-order valence-electron chi connectivity index (χ4n) is 2.56. The second kappa shape index (κ2) is 7.86. The van der Waals surface area contributed by atoms with Crippen LogP contribution in [-0.4, -0.2) is 19.4 Å². The normalized spacial score (nSPS) is 12.7. The van der Waals surface area contributed by atoms with Crippen molar-refractivity contribution in [1.29, 1.82) is 0 Å². The lowest BCUT2D eigenvalue weighted by Crippen LogP contribution is -2.09. The van der Waals surface area contributed by atoms with Gasteiger partial charge in [-0.15, -0.1) is 0 Å². The lowest BCUT2D eigenvalue weighted by molar-refractivity contribution is -0.140. The van der Waals surface area contributed by atoms with Gasteiger partial charge in [-0.25, -0.2) is 19.3 Å². The van der Waals surface area contributed by atoms with Crippen LogP contribution in [0.4, 0.5) is 23.4 Å². The minimum Gasteiger partial charge on any atom is -0.340 e. The quantitative estimate of drug-likeness (QED) is 0.458. The van der Waals surface area contributed by atoms with Crippen molar-refractivity contribution in [2.45, 2.75) is 20.0 Å². The molecule has 5 nitrogen and oxygen atoms in total. The minimum absolute atomic E-state index is 0.0609. The van der Waals surface area contributed by atoms with Gasteiger partial charge in [-0.1, -0.05) is 24.3 Å². The summed E-state index contributed by atoms with van der Waals surface area (Å²) >= 11 is 0. The van der Waals surface area contributed by atoms with Crippen LogP contribution in [-0.2, 0) is 6.18 Å². The van der Waals surface area contributed by atoms with Crippen LogP contribution in [0.15, 0.2) is 66.7 Å². The highest BCUT2D eigenvalue weighted by Crippen LogP contribution is 2.36. The van der Waals surface area contributed by atoms with Crippen molar-refractivity contribution in [2.24, 2.45) is 0 Å². The largest absolute Gasteiger partial charge is 0.435 e. The van der Waals surface area contributed by atoms with Crippen LogP contribution >= 0.6 is 0 Å². The second-order valence-electron chi connectivity index (χ2n) is 6.20. The first-order valence-electron chi connectivity index (χ1n) is 8.54. The van der Waals surface area contributed by atoms with Crippen LogP contribution in [0.5, 0.6) is 0 Å². The van der Waals surface area contributed by atoms with E-state index in [-0.39, 0.29) is 17.3 Å². The van der Waals surface area contributed by atoms with E-state index < -0.39 is 23.4 Å². The van der Waals surface area contributed by atoms with Crippen LogP contribution in [0.1, 0.15) is 19.5 Å². The molecular formula is C20H17F4N5. The molecule has 0 saturated carbocycles. The van der Waals surface area contributed by atoms with Crippen molar-refractivity contribution in [2.75, 3.05) is 5.32 Å². The van der Waals surface area contributed by atoms with Crippen LogP contribution in [0.3, 0.4) is 0 Å². The number of fused-ring (bicyclic) bond motifs is 1. The summed E-state index contributed by atoms with van der Waals surface area (Å²) in [7, 11) is 0. The maximum atomic E-state index is 13.7. The molecule has 3 rings (SSSR count). The van der Waals surface area contributed by atoms with Gasteiger partial charge >= 0.3 is 6.18 Å². The summed E-state index contributed by atoms with van der Waals surface area (Å²) in [6.07, 6.45) is 2.78. The van der Waals surface area contributed by atoms with Gasteiger partial charge in [0.05, 0.1) is 0 Å². The van der Waals surface area contributed by atoms with Crippen molar-refractivity contribution >= 4 is 11.5 Å². The lowest BCUT2D eigenvalue weighted by Gasteiger charge is -2.10. The standard InChI is InChI=1S/C20H17F4N5/c1-4-14(7-5-12(2)3)26-15-9-10-25-19(27-15)17-18(20(22,23)24)28-16-8-6-13(21)11-29(16)17/h4-11H,2H2,1,3H3,(H,25,26,27)/b7-5-,14-4+. The zero-order valence-corrected chi connectivity index (χ0v) is 15.6. The summed E-state index contributed by atoms with van der Waals surface area (Å²) in [4.78, 5) is 11.7. The first kappa shape index (κ1) is 20.2. The number of hydrogen-bond acceptors (Lipinski definition) is 4. The number of alkyl halides is 3. The molecule has 0 bridgehead atoms. The highest BCUT2D eigenvalue weighted by atomic mass is 19.4. The molecule has 1 N–H and O–H groups in total. The fourth-order valence-corrected chi connectivity index (χ4v) is 2.56. The van der Waals surface area contributed by atoms with Crippen LogP contribution < -0.4 is 5.32 Å². The Kier molecular flexibility index (Phi) is 5.49. The third kappa shape index (κ3) is 4.50. The van der Waals surface area contributed by atoms with Gasteiger partial charge in [0.2, 0.25) is 0 Å². The third-order valence-corrected chi connectivity index (χ3v) is 3.85. The molecule has 0 aliphatic carbocycles. The molecular weight excluding hydrogens is 386 g/mol. The van der Waals surface area contributed by atoms with Gasteiger partial charge in [-0.05, 0) is 38.1 Å². The molecule has 150 valence electrons. The smallest absolute Gasteiger partial charge is 0.340 e. The lowest BCUT2D eigenvalue weighted by atomic mass is 10.2. The average Bonchev–Trinajstić information content (AvgIpc) is 3.04. The molecule has 0 spiro atoms. The molecule has 0 aromatic carbocycles. The zero-order chi connectivity index (χ0) is 21.2. The van der Waals surface area contributed by atoms with Crippen molar-refractivity contribution in [3.63, 3.8) is 0 Å². The van der Waals surface area contributed by atoms with Crippen molar-refractivity contribution in [3.8, 4) is 11.5 Å². The molecule has 0 saturated heterocycles. The van der Waals surface area contributed by atoms with E-state index in [1.54, 1.807) is 25.2 Å². The van der Waals surface area contributed by atoms with Gasteiger partial charge in [-0.2, -0.15) is 13.2 Å². The van der Waals surface area contributed by atoms with Gasteiger partial charge in [0.15, 0.2) is 11.5 Å². The number of imidazole rings is 1. The maximum absolute atomic E-state index is 13.7. The van der Waals surface area contributed by atoms with E-state index in [0.717, 1.165) is 28.3 Å². The summed E-state index contributed by atoms with van der Waals surface area (Å²) in [6.45, 7) is 7.39. The van der Waals surface area contributed by atoms with Crippen molar-refractivity contribution < 1.29 is 17.6 Å². The van der Waals surface area contributed by atoms with Crippen molar-refractivity contribution in [1.82, 2.24) is 19.4 Å². The Morgan fingerprint density at radius 1 is 1.17 bits per heavy atom. The first-order chi connectivity index (χ1) is 13.7. The summed E-state index contributed by atoms with van der Waals surface area (Å²) in [5, 5.41) is 3.00. The molecule has 3 aromatic rings. The number of aromatic nitrogens is 4. The van der Waals surface area contributed by atoms with Gasteiger partial charge < -0.3 is 5.32 Å². The molecule has 0 aliphatic rings. The number of nitrogens with one attached hydrogen (secondary N) is 1. The Hall–Kier alpha value is -3.49. The van der Waals surface area contributed by atoms with E-state index in [1.165, 1.54) is 12.3 Å². The monoisotopic (exact) mass is 403 g/mol. The van der Waals surface area contributed by atoms with Gasteiger partial charge in [0.25, 0.3) is 0 Å². The van der Waals surface area contributed by atoms with E-state index in [9.17, 15) is 17.6 Å². The molecule has 3 heterocycles. The van der Waals surface area contributed by atoms with Gasteiger partial charge in [-0.3, -0.25) is 4.40 Å². The molecule has 0 aliphatic heterocycles. The second-order valence-corrected chi connectivity index (χ2v) is 6.20. The topological polar surface area (TPSA) is 55.1 Å². The first-order valence-corrected chi connectivity index (χ1v) is 8.54. The number of anilines is 1. The highest BCUT2D eigenvalue weighted by molar-refractivity contribution is 5.63. The SMILES string of the molecule is C=C(C)/C=C\C(=C/C)Nc1ccnc(-c2c(C(F)(F)F)nc3ccc(F)cn23)n1. The zero-order valence-electron chi connectivity index (χ0n) is 15.6. The number of halogens is 4. The van der Waals surface area contributed by atoms with Crippen molar-refractivity contribution in [3.05, 3.63) is 78.2 Å². The molecule has 0 atom stereocenters. The third-order valence-electron chi connectivity index (χ3n) is 3.85. The maximum Gasteiger partial charge on any atom is 0.435 e. The Bertz CT molecular complexity index is 1130. The van der Waals surface area contributed by atoms with Gasteiger partial charge in [0.1, 0.15) is 23.0 Å². The Morgan fingerprint density at radius 3 is 2.59 bits per heavy atom. The molecule has 0 fully saturated rings. The molecule has 0 unspecified atom stereocenters. The fraction of sp³-hybridized carbons (Fsp3) is 0.150. The number of hydrogen-bond donors (Lipinski definition) is 1. The van der Waals surface area contributed by atoms with E-state index in [2.05, 4.69) is 26.8 Å². The summed E-state index contributed by atoms with van der Waals surface area (Å²) < 4.78 is 55.3. The molecule has 3 aromatic heterocycles. The number of rotatable bonds is 5. The average molecular weight is 403 g/mol. The van der Waals surface area contributed by atoms with E-state index in [0.29, 0.717) is 5.70 Å². The van der Waals surface area contributed by atoms with Gasteiger partial charge in [0, 0.05) is 18.1 Å². The number of pyridine rings is 1. The number of allylic oxidation sites excluding steroid dienone is 4. The van der Waals surface area contributed by atoms with Crippen LogP contribution in [0.2, 0.25) is 0 Å².